The number of aliphatic hydroxyl groups is 2. The molecule has 0 radical (unpaired) electrons. The number of aromatic hydroxyl groups is 3. The Balaban J connectivity index is 1.74. The average molecular weight is 500 g/mol. The van der Waals surface area contributed by atoms with E-state index in [-0.39, 0.29) is 11.5 Å². The van der Waals surface area contributed by atoms with E-state index in [2.05, 4.69) is 0 Å². The maximum absolute atomic E-state index is 12.4. The number of esters is 2. The van der Waals surface area contributed by atoms with Crippen LogP contribution in [0.2, 0.25) is 0 Å². The molecule has 3 rings (SSSR count). The SMILES string of the molecule is O=C(/C=C/c1ccc(O)c(O)c1)O[C@H]1[C@@H](OC(=O)/C=C/c2ccc(O)cc2)C[C@](O)(C(=O)O)C[C@@H]1O. The molecule has 0 aliphatic heterocycles. The number of hydrogen-bond acceptors (Lipinski definition) is 10. The summed E-state index contributed by atoms with van der Waals surface area (Å²) in [6.07, 6.45) is -1.38. The maximum atomic E-state index is 12.4. The van der Waals surface area contributed by atoms with Gasteiger partial charge in [0.15, 0.2) is 23.2 Å². The van der Waals surface area contributed by atoms with E-state index in [1.807, 2.05) is 0 Å². The Morgan fingerprint density at radius 1 is 0.833 bits per heavy atom. The number of benzene rings is 2. The van der Waals surface area contributed by atoms with Gasteiger partial charge in [0.25, 0.3) is 0 Å². The smallest absolute Gasteiger partial charge is 0.335 e. The number of rotatable bonds is 7. The first-order valence-corrected chi connectivity index (χ1v) is 10.7. The fourth-order valence-corrected chi connectivity index (χ4v) is 3.60. The summed E-state index contributed by atoms with van der Waals surface area (Å²) in [5.41, 5.74) is -1.54. The first kappa shape index (κ1) is 26.3. The van der Waals surface area contributed by atoms with Gasteiger partial charge in [-0.3, -0.25) is 0 Å². The zero-order chi connectivity index (χ0) is 26.5. The lowest BCUT2D eigenvalue weighted by Gasteiger charge is -2.40. The van der Waals surface area contributed by atoms with Crippen LogP contribution in [0.1, 0.15) is 24.0 Å². The third-order valence-electron chi connectivity index (χ3n) is 5.47. The second kappa shape index (κ2) is 10.9. The van der Waals surface area contributed by atoms with Gasteiger partial charge in [0.05, 0.1) is 6.10 Å². The minimum absolute atomic E-state index is 0.0276. The molecule has 1 aliphatic rings. The number of aliphatic hydroxyl groups excluding tert-OH is 1. The van der Waals surface area contributed by atoms with Crippen molar-refractivity contribution in [2.75, 3.05) is 0 Å². The summed E-state index contributed by atoms with van der Waals surface area (Å²) in [6, 6.07) is 9.66. The van der Waals surface area contributed by atoms with Crippen molar-refractivity contribution < 1.29 is 54.5 Å². The van der Waals surface area contributed by atoms with Crippen molar-refractivity contribution in [1.29, 1.82) is 0 Å². The van der Waals surface area contributed by atoms with Crippen molar-refractivity contribution in [1.82, 2.24) is 0 Å². The van der Waals surface area contributed by atoms with Crippen LogP contribution in [-0.4, -0.2) is 72.5 Å². The molecule has 2 aromatic carbocycles. The van der Waals surface area contributed by atoms with Gasteiger partial charge >= 0.3 is 17.9 Å². The lowest BCUT2D eigenvalue weighted by molar-refractivity contribution is -0.204. The molecule has 0 bridgehead atoms. The fraction of sp³-hybridized carbons (Fsp3) is 0.240. The van der Waals surface area contributed by atoms with Crippen molar-refractivity contribution in [3.8, 4) is 17.2 Å². The predicted octanol–water partition coefficient (Wildman–Crippen LogP) is 1.32. The molecule has 1 aliphatic carbocycles. The number of carbonyl (C=O) groups is 3. The van der Waals surface area contributed by atoms with Gasteiger partial charge in [0.1, 0.15) is 11.9 Å². The largest absolute Gasteiger partial charge is 0.508 e. The zero-order valence-corrected chi connectivity index (χ0v) is 18.7. The van der Waals surface area contributed by atoms with Crippen LogP contribution in [0.3, 0.4) is 0 Å². The quantitative estimate of drug-likeness (QED) is 0.183. The first-order valence-electron chi connectivity index (χ1n) is 10.7. The molecular formula is C25H24O11. The Morgan fingerprint density at radius 3 is 2.03 bits per heavy atom. The molecule has 0 spiro atoms. The molecule has 0 saturated heterocycles. The Hall–Kier alpha value is -4.35. The van der Waals surface area contributed by atoms with E-state index >= 15 is 0 Å². The molecular weight excluding hydrogens is 476 g/mol. The van der Waals surface area contributed by atoms with Gasteiger partial charge in [-0.05, 0) is 47.5 Å². The van der Waals surface area contributed by atoms with Crippen molar-refractivity contribution in [2.45, 2.75) is 36.8 Å². The summed E-state index contributed by atoms with van der Waals surface area (Å²) in [6.45, 7) is 0. The third kappa shape index (κ3) is 6.62. The molecule has 0 aromatic heterocycles. The monoisotopic (exact) mass is 500 g/mol. The minimum Gasteiger partial charge on any atom is -0.508 e. The van der Waals surface area contributed by atoms with Crippen molar-refractivity contribution in [3.05, 3.63) is 65.7 Å². The highest BCUT2D eigenvalue weighted by molar-refractivity contribution is 5.88. The van der Waals surface area contributed by atoms with Crippen LogP contribution in [0.5, 0.6) is 17.2 Å². The molecule has 11 nitrogen and oxygen atoms in total. The second-order valence-electron chi connectivity index (χ2n) is 8.20. The predicted molar refractivity (Wildman–Crippen MR) is 124 cm³/mol. The number of hydrogen-bond donors (Lipinski definition) is 6. The summed E-state index contributed by atoms with van der Waals surface area (Å²) in [5, 5.41) is 58.4. The highest BCUT2D eigenvalue weighted by atomic mass is 16.6. The number of phenols is 3. The van der Waals surface area contributed by atoms with Gasteiger partial charge in [0, 0.05) is 25.0 Å². The molecule has 36 heavy (non-hydrogen) atoms. The number of carboxylic acid groups (broad SMARTS) is 1. The molecule has 0 unspecified atom stereocenters. The standard InChI is InChI=1S/C25H24O11/c26-16-6-1-14(2-7-16)4-9-21(30)35-20-13-25(34,24(32)33)12-19(29)23(20)36-22(31)10-5-15-3-8-17(27)18(28)11-15/h1-11,19-20,23,26-29,34H,12-13H2,(H,32,33)/b9-4+,10-5+/t19-,20-,23+,25-/m0/s1. The van der Waals surface area contributed by atoms with E-state index in [1.54, 1.807) is 0 Å². The van der Waals surface area contributed by atoms with Gasteiger partial charge < -0.3 is 40.1 Å². The summed E-state index contributed by atoms with van der Waals surface area (Å²) >= 11 is 0. The Kier molecular flexibility index (Phi) is 7.97. The first-order chi connectivity index (χ1) is 17.0. The highest BCUT2D eigenvalue weighted by Gasteiger charge is 2.52. The third-order valence-corrected chi connectivity index (χ3v) is 5.47. The Bertz CT molecular complexity index is 1180. The maximum Gasteiger partial charge on any atom is 0.335 e. The van der Waals surface area contributed by atoms with Crippen LogP contribution >= 0.6 is 0 Å². The van der Waals surface area contributed by atoms with Crippen LogP contribution in [0, 0.1) is 0 Å². The molecule has 190 valence electrons. The van der Waals surface area contributed by atoms with Crippen LogP contribution in [0.4, 0.5) is 0 Å². The Morgan fingerprint density at radius 2 is 1.42 bits per heavy atom. The summed E-state index contributed by atoms with van der Waals surface area (Å²) in [4.78, 5) is 36.3. The van der Waals surface area contributed by atoms with Crippen LogP contribution in [0.25, 0.3) is 12.2 Å². The van der Waals surface area contributed by atoms with Crippen LogP contribution in [0.15, 0.2) is 54.6 Å². The van der Waals surface area contributed by atoms with E-state index in [1.165, 1.54) is 54.6 Å². The summed E-state index contributed by atoms with van der Waals surface area (Å²) in [5.74, 6) is -4.30. The topological polar surface area (TPSA) is 191 Å². The summed E-state index contributed by atoms with van der Waals surface area (Å²) < 4.78 is 10.5. The number of phenolic OH excluding ortho intramolecular Hbond substituents is 3. The number of carboxylic acids is 1. The molecule has 1 saturated carbocycles. The molecule has 4 atom stereocenters. The average Bonchev–Trinajstić information content (AvgIpc) is 2.81. The van der Waals surface area contributed by atoms with E-state index in [0.717, 1.165) is 12.2 Å². The molecule has 6 N–H and O–H groups in total. The number of ether oxygens (including phenoxy) is 2. The normalized spacial score (nSPS) is 24.0. The van der Waals surface area contributed by atoms with Gasteiger partial charge in [0.2, 0.25) is 0 Å². The van der Waals surface area contributed by atoms with Crippen LogP contribution < -0.4 is 0 Å². The number of carbonyl (C=O) groups excluding carboxylic acids is 2. The lowest BCUT2D eigenvalue weighted by atomic mass is 9.79. The minimum atomic E-state index is -2.42. The zero-order valence-electron chi connectivity index (χ0n) is 18.7. The van der Waals surface area contributed by atoms with E-state index < -0.39 is 60.4 Å². The van der Waals surface area contributed by atoms with Crippen molar-refractivity contribution in [3.63, 3.8) is 0 Å². The second-order valence-corrected chi connectivity index (χ2v) is 8.20. The highest BCUT2D eigenvalue weighted by Crippen LogP contribution is 2.33. The number of aliphatic carboxylic acids is 1. The Labute approximate surface area is 204 Å². The van der Waals surface area contributed by atoms with Gasteiger partial charge in [-0.15, -0.1) is 0 Å². The van der Waals surface area contributed by atoms with E-state index in [9.17, 15) is 45.0 Å². The van der Waals surface area contributed by atoms with Crippen molar-refractivity contribution in [2.24, 2.45) is 0 Å². The molecule has 1 fully saturated rings. The summed E-state index contributed by atoms with van der Waals surface area (Å²) in [7, 11) is 0. The fourth-order valence-electron chi connectivity index (χ4n) is 3.60. The van der Waals surface area contributed by atoms with E-state index in [4.69, 9.17) is 9.47 Å². The van der Waals surface area contributed by atoms with Gasteiger partial charge in [-0.25, -0.2) is 14.4 Å². The van der Waals surface area contributed by atoms with E-state index in [0.29, 0.717) is 11.1 Å². The van der Waals surface area contributed by atoms with Crippen LogP contribution in [-0.2, 0) is 23.9 Å². The molecule has 2 aromatic rings. The molecule has 0 amide bonds. The van der Waals surface area contributed by atoms with Crippen molar-refractivity contribution >= 4 is 30.1 Å². The molecule has 0 heterocycles. The van der Waals surface area contributed by atoms with Gasteiger partial charge in [-0.2, -0.15) is 0 Å². The van der Waals surface area contributed by atoms with Gasteiger partial charge in [-0.1, -0.05) is 18.2 Å². The lowest BCUT2D eigenvalue weighted by Crippen LogP contribution is -2.58. The molecule has 11 heteroatoms.